The largest absolute Gasteiger partial charge is 0.465 e. The summed E-state index contributed by atoms with van der Waals surface area (Å²) >= 11 is 0. The zero-order valence-electron chi connectivity index (χ0n) is 63.0. The fourth-order valence-corrected chi connectivity index (χ4v) is 12.3. The molecule has 0 saturated carbocycles. The molecule has 94 heavy (non-hydrogen) atoms. The second kappa shape index (κ2) is 76.5. The van der Waals surface area contributed by atoms with Gasteiger partial charge in [-0.15, -0.1) is 0 Å². The third-order valence-corrected chi connectivity index (χ3v) is 19.4. The Morgan fingerprint density at radius 3 is 0.415 bits per heavy atom. The van der Waals surface area contributed by atoms with E-state index < -0.39 is 37.3 Å². The van der Waals surface area contributed by atoms with Crippen LogP contribution in [0.4, 0.5) is 0 Å². The summed E-state index contributed by atoms with van der Waals surface area (Å²) in [7, 11) is 0. The highest BCUT2D eigenvalue weighted by Gasteiger charge is 2.38. The summed E-state index contributed by atoms with van der Waals surface area (Å²) in [4.78, 5) is 53.6. The Morgan fingerprint density at radius 2 is 0.309 bits per heavy atom. The molecule has 0 heterocycles. The molecule has 0 aromatic rings. The first-order valence-electron chi connectivity index (χ1n) is 41.1. The van der Waals surface area contributed by atoms with E-state index in [9.17, 15) is 19.2 Å². The summed E-state index contributed by atoms with van der Waals surface area (Å²) in [5.74, 6) is -1.29. The predicted molar refractivity (Wildman–Crippen MR) is 395 cm³/mol. The van der Waals surface area contributed by atoms with Gasteiger partial charge in [0.2, 0.25) is 0 Å². The Labute approximate surface area is 582 Å². The first-order valence-corrected chi connectivity index (χ1v) is 41.1. The molecule has 0 atom stereocenters. The molecule has 0 unspecified atom stereocenters. The molecule has 12 nitrogen and oxygen atoms in total. The predicted octanol–water partition coefficient (Wildman–Crippen LogP) is 23.1. The minimum atomic E-state index is -1.20. The minimum Gasteiger partial charge on any atom is -0.465 e. The molecule has 0 rings (SSSR count). The van der Waals surface area contributed by atoms with E-state index in [1.807, 2.05) is 0 Å². The van der Waals surface area contributed by atoms with Gasteiger partial charge in [-0.1, -0.05) is 387 Å². The summed E-state index contributed by atoms with van der Waals surface area (Å²) < 4.78 is 23.9. The maximum atomic E-state index is 13.4. The summed E-state index contributed by atoms with van der Waals surface area (Å²) in [6.45, 7) is 6.85. The number of aliphatic hydroxyl groups is 4. The highest BCUT2D eigenvalue weighted by atomic mass is 16.6. The number of esters is 4. The lowest BCUT2D eigenvalue weighted by molar-refractivity contribution is -0.170. The highest BCUT2D eigenvalue weighted by Crippen LogP contribution is 2.25. The lowest BCUT2D eigenvalue weighted by Crippen LogP contribution is -2.44. The molecule has 560 valence electrons. The summed E-state index contributed by atoms with van der Waals surface area (Å²) in [6.07, 6.45) is 76.4. The Hall–Kier alpha value is -2.28. The average Bonchev–Trinajstić information content (AvgIpc) is 0.943. The zero-order chi connectivity index (χ0) is 69.0. The van der Waals surface area contributed by atoms with Crippen molar-refractivity contribution in [3.8, 4) is 0 Å². The minimum absolute atomic E-state index is 0.157. The maximum absolute atomic E-state index is 13.4. The van der Waals surface area contributed by atoms with E-state index >= 15 is 0 Å². The van der Waals surface area contributed by atoms with Gasteiger partial charge in [0.15, 0.2) is 0 Å². The number of hydrogen-bond acceptors (Lipinski definition) is 12. The normalized spacial score (nSPS) is 11.7. The monoisotopic (exact) mass is 1340 g/mol. The fraction of sp³-hybridized carbons (Fsp3) is 0.951. The van der Waals surface area contributed by atoms with Crippen LogP contribution in [0.1, 0.15) is 439 Å². The Kier molecular flexibility index (Phi) is 76.3. The molecule has 4 N–H and O–H groups in total. The van der Waals surface area contributed by atoms with Gasteiger partial charge in [-0.25, -0.2) is 0 Å². The standard InChI is InChI=1S/C77H148O8.C5H12O4/c1-5-9-13-17-21-25-29-33-37-41-45-49-53-57-61-65-73(78)82-69-77(70-83-74(79)66-62-58-54-50-46-42-38-34-30-26-22-18-14-10-6-2,71-84-75(80)67-63-59-55-51-47-43-39-35-31-27-23-19-15-11-7-3)72-85-76(81)68-64-60-56-52-48-44-40-36-32-28-24-20-16-12-8-4;6-1-5(2-7,3-8)4-9/h5-72H2,1-4H3;6-9H,1-4H2. The molecule has 0 fully saturated rings. The number of rotatable bonds is 76. The van der Waals surface area contributed by atoms with Crippen LogP contribution in [0.3, 0.4) is 0 Å². The van der Waals surface area contributed by atoms with Gasteiger partial charge >= 0.3 is 23.9 Å². The van der Waals surface area contributed by atoms with Crippen LogP contribution in [0.5, 0.6) is 0 Å². The van der Waals surface area contributed by atoms with Gasteiger partial charge in [-0.05, 0) is 25.7 Å². The first kappa shape index (κ1) is 93.8. The van der Waals surface area contributed by atoms with E-state index in [4.69, 9.17) is 39.4 Å². The molecule has 0 aliphatic rings. The average molecular weight is 1340 g/mol. The Balaban J connectivity index is 0. The van der Waals surface area contributed by atoms with Crippen molar-refractivity contribution < 1.29 is 58.6 Å². The van der Waals surface area contributed by atoms with E-state index in [0.717, 1.165) is 77.0 Å². The lowest BCUT2D eigenvalue weighted by Gasteiger charge is -2.31. The molecule has 12 heteroatoms. The summed E-state index contributed by atoms with van der Waals surface area (Å²) in [5.41, 5.74) is -2.31. The molecule has 0 aliphatic carbocycles. The van der Waals surface area contributed by atoms with Crippen molar-refractivity contribution in [1.29, 1.82) is 0 Å². The van der Waals surface area contributed by atoms with Gasteiger partial charge in [0.25, 0.3) is 0 Å². The first-order chi connectivity index (χ1) is 46.1. The van der Waals surface area contributed by atoms with Gasteiger partial charge in [-0.3, -0.25) is 19.2 Å². The SMILES string of the molecule is CCCCCCCCCCCCCCCCCC(=O)OCC(COC(=O)CCCCCCCCCCCCCCCCC)(COC(=O)CCCCCCCCCCCCCCCCC)COC(=O)CCCCCCCCCCCCCCCCC.OCC(CO)(CO)CO. The van der Waals surface area contributed by atoms with Crippen molar-refractivity contribution in [2.45, 2.75) is 439 Å². The number of hydrogen-bond donors (Lipinski definition) is 4. The fourth-order valence-electron chi connectivity index (χ4n) is 12.3. The second-order valence-corrected chi connectivity index (χ2v) is 29.1. The van der Waals surface area contributed by atoms with Crippen LogP contribution >= 0.6 is 0 Å². The number of ether oxygens (including phenoxy) is 4. The van der Waals surface area contributed by atoms with E-state index in [-0.39, 0.29) is 50.3 Å². The molecule has 0 aliphatic heterocycles. The second-order valence-electron chi connectivity index (χ2n) is 29.1. The molecule has 0 aromatic carbocycles. The molecular weight excluding hydrogens is 1180 g/mol. The van der Waals surface area contributed by atoms with Crippen LogP contribution in [0.25, 0.3) is 0 Å². The smallest absolute Gasteiger partial charge is 0.305 e. The molecule has 0 saturated heterocycles. The quantitative estimate of drug-likeness (QED) is 0.0257. The van der Waals surface area contributed by atoms with Crippen molar-refractivity contribution in [3.05, 3.63) is 0 Å². The van der Waals surface area contributed by atoms with Gasteiger partial charge in [0.05, 0.1) is 31.8 Å². The Bertz CT molecular complexity index is 1330. The van der Waals surface area contributed by atoms with E-state index in [2.05, 4.69) is 27.7 Å². The van der Waals surface area contributed by atoms with Crippen LogP contribution in [-0.4, -0.2) is 97.2 Å². The third kappa shape index (κ3) is 68.3. The van der Waals surface area contributed by atoms with E-state index in [0.29, 0.717) is 25.7 Å². The van der Waals surface area contributed by atoms with Crippen LogP contribution in [0, 0.1) is 10.8 Å². The molecule has 0 radical (unpaired) electrons. The number of unbranched alkanes of at least 4 members (excludes halogenated alkanes) is 56. The molecule has 0 spiro atoms. The molecule has 0 amide bonds. The van der Waals surface area contributed by atoms with Gasteiger partial charge in [-0.2, -0.15) is 0 Å². The summed E-state index contributed by atoms with van der Waals surface area (Å²) in [6, 6.07) is 0. The number of carbonyl (C=O) groups is 4. The number of aliphatic hydroxyl groups excluding tert-OH is 4. The van der Waals surface area contributed by atoms with Crippen LogP contribution in [0.2, 0.25) is 0 Å². The van der Waals surface area contributed by atoms with Crippen LogP contribution < -0.4 is 0 Å². The van der Waals surface area contributed by atoms with Gasteiger partial charge in [0.1, 0.15) is 31.8 Å². The molecular formula is C82H160O12. The van der Waals surface area contributed by atoms with E-state index in [1.54, 1.807) is 0 Å². The van der Waals surface area contributed by atoms with Crippen molar-refractivity contribution in [3.63, 3.8) is 0 Å². The van der Waals surface area contributed by atoms with Crippen molar-refractivity contribution in [2.75, 3.05) is 52.9 Å². The highest BCUT2D eigenvalue weighted by molar-refractivity contribution is 5.71. The number of carbonyl (C=O) groups excluding carboxylic acids is 4. The van der Waals surface area contributed by atoms with E-state index in [1.165, 1.54) is 308 Å². The topological polar surface area (TPSA) is 186 Å². The van der Waals surface area contributed by atoms with Gasteiger partial charge in [0, 0.05) is 25.7 Å². The Morgan fingerprint density at radius 1 is 0.191 bits per heavy atom. The third-order valence-electron chi connectivity index (χ3n) is 19.4. The van der Waals surface area contributed by atoms with Crippen LogP contribution in [-0.2, 0) is 38.1 Å². The van der Waals surface area contributed by atoms with Crippen molar-refractivity contribution >= 4 is 23.9 Å². The molecule has 0 bridgehead atoms. The summed E-state index contributed by atoms with van der Waals surface area (Å²) in [5, 5.41) is 34.0. The van der Waals surface area contributed by atoms with Crippen molar-refractivity contribution in [1.82, 2.24) is 0 Å². The van der Waals surface area contributed by atoms with Gasteiger partial charge < -0.3 is 39.4 Å². The zero-order valence-corrected chi connectivity index (χ0v) is 63.0. The lowest BCUT2D eigenvalue weighted by atomic mass is 9.92. The van der Waals surface area contributed by atoms with Crippen molar-refractivity contribution in [2.24, 2.45) is 10.8 Å². The van der Waals surface area contributed by atoms with Crippen LogP contribution in [0.15, 0.2) is 0 Å². The maximum Gasteiger partial charge on any atom is 0.305 e. The molecule has 0 aromatic heterocycles.